The van der Waals surface area contributed by atoms with E-state index < -0.39 is 5.54 Å². The first kappa shape index (κ1) is 18.3. The molecule has 3 amide bonds. The van der Waals surface area contributed by atoms with E-state index in [1.54, 1.807) is 0 Å². The number of para-hydroxylation sites is 1. The van der Waals surface area contributed by atoms with Gasteiger partial charge in [0.25, 0.3) is 5.91 Å². The zero-order valence-electron chi connectivity index (χ0n) is 16.2. The monoisotopic (exact) mass is 370 g/mol. The summed E-state index contributed by atoms with van der Waals surface area (Å²) < 4.78 is 0. The molecule has 0 atom stereocenters. The van der Waals surface area contributed by atoms with Crippen molar-refractivity contribution in [2.24, 2.45) is 0 Å². The molecule has 1 aromatic carbocycles. The number of nitrogens with zero attached hydrogens (tertiary/aromatic N) is 3. The van der Waals surface area contributed by atoms with Gasteiger partial charge in [-0.15, -0.1) is 0 Å². The summed E-state index contributed by atoms with van der Waals surface area (Å²) in [5, 5.41) is 3.04. The van der Waals surface area contributed by atoms with Gasteiger partial charge in [-0.2, -0.15) is 0 Å². The Hall–Kier alpha value is -2.08. The van der Waals surface area contributed by atoms with Crippen molar-refractivity contribution in [3.8, 4) is 0 Å². The molecule has 1 saturated carbocycles. The number of carbonyl (C=O) groups is 2. The minimum absolute atomic E-state index is 0.00395. The summed E-state index contributed by atoms with van der Waals surface area (Å²) in [4.78, 5) is 31.7. The number of anilines is 1. The zero-order chi connectivity index (χ0) is 18.9. The molecule has 1 aliphatic carbocycles. The number of piperazine rings is 1. The second-order valence-corrected chi connectivity index (χ2v) is 8.19. The number of urea groups is 1. The Bertz CT molecular complexity index is 704. The highest BCUT2D eigenvalue weighted by Crippen LogP contribution is 2.33. The summed E-state index contributed by atoms with van der Waals surface area (Å²) in [7, 11) is 0. The van der Waals surface area contributed by atoms with Crippen molar-refractivity contribution in [2.45, 2.75) is 51.0 Å². The normalized spacial score (nSPS) is 23.6. The van der Waals surface area contributed by atoms with Gasteiger partial charge < -0.3 is 10.2 Å². The summed E-state index contributed by atoms with van der Waals surface area (Å²) >= 11 is 0. The van der Waals surface area contributed by atoms with Crippen molar-refractivity contribution < 1.29 is 9.59 Å². The maximum Gasteiger partial charge on any atom is 0.326 e. The van der Waals surface area contributed by atoms with E-state index in [1.807, 2.05) is 0 Å². The Balaban J connectivity index is 1.37. The maximum atomic E-state index is 13.1. The first-order valence-corrected chi connectivity index (χ1v) is 10.3. The van der Waals surface area contributed by atoms with Crippen LogP contribution in [-0.4, -0.2) is 60.1 Å². The van der Waals surface area contributed by atoms with E-state index in [0.717, 1.165) is 64.7 Å². The van der Waals surface area contributed by atoms with Crippen LogP contribution in [0.4, 0.5) is 10.5 Å². The van der Waals surface area contributed by atoms with Crippen LogP contribution in [0.25, 0.3) is 0 Å². The van der Waals surface area contributed by atoms with Gasteiger partial charge in [0.15, 0.2) is 0 Å². The van der Waals surface area contributed by atoms with Crippen molar-refractivity contribution >= 4 is 17.6 Å². The quantitative estimate of drug-likeness (QED) is 0.832. The average molecular weight is 370 g/mol. The van der Waals surface area contributed by atoms with Crippen LogP contribution in [0.3, 0.4) is 0 Å². The lowest BCUT2D eigenvalue weighted by Crippen LogP contribution is -2.52. The van der Waals surface area contributed by atoms with Crippen LogP contribution >= 0.6 is 0 Å². The molecule has 2 heterocycles. The number of hydrogen-bond acceptors (Lipinski definition) is 4. The molecule has 3 fully saturated rings. The van der Waals surface area contributed by atoms with Gasteiger partial charge in [-0.05, 0) is 31.4 Å². The minimum Gasteiger partial charge on any atom is -0.369 e. The van der Waals surface area contributed by atoms with Crippen LogP contribution < -0.4 is 10.2 Å². The molecule has 2 aliphatic heterocycles. The fourth-order valence-corrected chi connectivity index (χ4v) is 4.72. The van der Waals surface area contributed by atoms with Crippen LogP contribution in [0.2, 0.25) is 0 Å². The second kappa shape index (κ2) is 7.50. The number of hydrogen-bond donors (Lipinski definition) is 1. The van der Waals surface area contributed by atoms with E-state index in [4.69, 9.17) is 0 Å². The Morgan fingerprint density at radius 1 is 0.963 bits per heavy atom. The smallest absolute Gasteiger partial charge is 0.326 e. The molecule has 2 saturated heterocycles. The molecule has 146 valence electrons. The van der Waals surface area contributed by atoms with Crippen LogP contribution in [-0.2, 0) is 4.79 Å². The molecule has 6 nitrogen and oxygen atoms in total. The van der Waals surface area contributed by atoms with E-state index in [1.165, 1.54) is 16.2 Å². The molecular formula is C21H30N4O2. The minimum atomic E-state index is -0.628. The second-order valence-electron chi connectivity index (χ2n) is 8.19. The number of nitrogens with one attached hydrogen (secondary N) is 1. The van der Waals surface area contributed by atoms with Gasteiger partial charge in [0.2, 0.25) is 0 Å². The molecule has 0 unspecified atom stereocenters. The third kappa shape index (κ3) is 3.55. The van der Waals surface area contributed by atoms with E-state index in [0.29, 0.717) is 6.67 Å². The molecule has 3 aliphatic rings. The summed E-state index contributed by atoms with van der Waals surface area (Å²) in [6, 6.07) is 8.24. The molecule has 0 bridgehead atoms. The highest BCUT2D eigenvalue weighted by Gasteiger charge is 2.51. The lowest BCUT2D eigenvalue weighted by Gasteiger charge is -2.37. The number of carbonyl (C=O) groups excluding carboxylic acids is 2. The predicted molar refractivity (Wildman–Crippen MR) is 106 cm³/mol. The molecule has 0 radical (unpaired) electrons. The zero-order valence-corrected chi connectivity index (χ0v) is 16.2. The topological polar surface area (TPSA) is 55.9 Å². The predicted octanol–water partition coefficient (Wildman–Crippen LogP) is 2.72. The first-order chi connectivity index (χ1) is 13.1. The first-order valence-electron chi connectivity index (χ1n) is 10.3. The highest BCUT2D eigenvalue weighted by atomic mass is 16.2. The summed E-state index contributed by atoms with van der Waals surface area (Å²) in [5.74, 6) is -0.00395. The van der Waals surface area contributed by atoms with Crippen molar-refractivity contribution in [1.82, 2.24) is 15.1 Å². The number of rotatable bonds is 3. The number of aryl methyl sites for hydroxylation is 1. The Morgan fingerprint density at radius 2 is 1.63 bits per heavy atom. The van der Waals surface area contributed by atoms with Crippen molar-refractivity contribution in [3.05, 3.63) is 29.8 Å². The lowest BCUT2D eigenvalue weighted by molar-refractivity contribution is -0.133. The standard InChI is InChI=1S/C21H30N4O2/c1-17-8-4-5-9-18(17)24-14-12-23(13-15-24)16-25-19(26)21(22-20(25)27)10-6-2-3-7-11-21/h4-5,8-9H,2-3,6-7,10-16H2,1H3,(H,22,27). The third-order valence-electron chi connectivity index (χ3n) is 6.37. The number of amides is 3. The van der Waals surface area contributed by atoms with Gasteiger partial charge in [0.05, 0.1) is 6.67 Å². The van der Waals surface area contributed by atoms with Crippen LogP contribution in [0.1, 0.15) is 44.1 Å². The largest absolute Gasteiger partial charge is 0.369 e. The molecule has 27 heavy (non-hydrogen) atoms. The SMILES string of the molecule is Cc1ccccc1N1CCN(CN2C(=O)NC3(CCCCCC3)C2=O)CC1. The average Bonchev–Trinajstić information content (AvgIpc) is 2.84. The maximum absolute atomic E-state index is 13.1. The lowest BCUT2D eigenvalue weighted by atomic mass is 9.90. The van der Waals surface area contributed by atoms with Crippen LogP contribution in [0.5, 0.6) is 0 Å². The molecule has 1 aromatic rings. The molecule has 4 rings (SSSR count). The third-order valence-corrected chi connectivity index (χ3v) is 6.37. The van der Waals surface area contributed by atoms with E-state index >= 15 is 0 Å². The fourth-order valence-electron chi connectivity index (χ4n) is 4.72. The van der Waals surface area contributed by atoms with Crippen molar-refractivity contribution in [3.63, 3.8) is 0 Å². The molecule has 0 aromatic heterocycles. The Morgan fingerprint density at radius 3 is 2.30 bits per heavy atom. The Labute approximate surface area is 161 Å². The van der Waals surface area contributed by atoms with Gasteiger partial charge in [0, 0.05) is 31.9 Å². The molecular weight excluding hydrogens is 340 g/mol. The van der Waals surface area contributed by atoms with Gasteiger partial charge in [-0.25, -0.2) is 9.69 Å². The van der Waals surface area contributed by atoms with Crippen LogP contribution in [0, 0.1) is 6.92 Å². The summed E-state index contributed by atoms with van der Waals surface area (Å²) in [5.41, 5.74) is 1.94. The Kier molecular flexibility index (Phi) is 5.08. The van der Waals surface area contributed by atoms with Crippen molar-refractivity contribution in [2.75, 3.05) is 37.7 Å². The van der Waals surface area contributed by atoms with Crippen LogP contribution in [0.15, 0.2) is 24.3 Å². The molecule has 1 N–H and O–H groups in total. The number of benzene rings is 1. The summed E-state index contributed by atoms with van der Waals surface area (Å²) in [6.07, 6.45) is 5.94. The van der Waals surface area contributed by atoms with Gasteiger partial charge in [-0.3, -0.25) is 9.69 Å². The van der Waals surface area contributed by atoms with Gasteiger partial charge in [-0.1, -0.05) is 43.9 Å². The molecule has 6 heteroatoms. The van der Waals surface area contributed by atoms with E-state index in [-0.39, 0.29) is 11.9 Å². The molecule has 1 spiro atoms. The van der Waals surface area contributed by atoms with Crippen molar-refractivity contribution in [1.29, 1.82) is 0 Å². The van der Waals surface area contributed by atoms with E-state index in [9.17, 15) is 9.59 Å². The summed E-state index contributed by atoms with van der Waals surface area (Å²) in [6.45, 7) is 6.10. The van der Waals surface area contributed by atoms with Gasteiger partial charge >= 0.3 is 6.03 Å². The number of imide groups is 1. The van der Waals surface area contributed by atoms with Gasteiger partial charge in [0.1, 0.15) is 5.54 Å². The highest BCUT2D eigenvalue weighted by molar-refractivity contribution is 6.07. The van der Waals surface area contributed by atoms with E-state index in [2.05, 4.69) is 46.3 Å². The fraction of sp³-hybridized carbons (Fsp3) is 0.619.